The average molecular weight is 347 g/mol. The number of ether oxygens (including phenoxy) is 3. The summed E-state index contributed by atoms with van der Waals surface area (Å²) in [5.41, 5.74) is 0. The molecule has 0 radical (unpaired) electrons. The summed E-state index contributed by atoms with van der Waals surface area (Å²) in [6, 6.07) is 11.1. The van der Waals surface area contributed by atoms with E-state index >= 15 is 0 Å². The SMILES string of the molecule is COc1ccccc1OCC(C)NC(=S)Nc1ncccc1OC. The highest BCUT2D eigenvalue weighted by molar-refractivity contribution is 7.80. The number of anilines is 1. The van der Waals surface area contributed by atoms with Crippen LogP contribution in [0.2, 0.25) is 0 Å². The van der Waals surface area contributed by atoms with E-state index in [-0.39, 0.29) is 6.04 Å². The Hall–Kier alpha value is -2.54. The Kier molecular flexibility index (Phi) is 6.62. The van der Waals surface area contributed by atoms with E-state index < -0.39 is 0 Å². The number of hydrogen-bond donors (Lipinski definition) is 2. The summed E-state index contributed by atoms with van der Waals surface area (Å²) in [5.74, 6) is 2.58. The summed E-state index contributed by atoms with van der Waals surface area (Å²) in [5, 5.41) is 6.61. The van der Waals surface area contributed by atoms with Crippen molar-refractivity contribution in [3.63, 3.8) is 0 Å². The van der Waals surface area contributed by atoms with Crippen LogP contribution in [0.3, 0.4) is 0 Å². The average Bonchev–Trinajstić information content (AvgIpc) is 2.60. The number of thiocarbonyl (C=S) groups is 1. The van der Waals surface area contributed by atoms with Gasteiger partial charge in [-0.05, 0) is 43.4 Å². The molecule has 0 saturated heterocycles. The Bertz CT molecular complexity index is 682. The van der Waals surface area contributed by atoms with Crippen molar-refractivity contribution in [2.24, 2.45) is 0 Å². The highest BCUT2D eigenvalue weighted by Gasteiger charge is 2.10. The fourth-order valence-corrected chi connectivity index (χ4v) is 2.31. The normalized spacial score (nSPS) is 11.3. The molecule has 1 aromatic carbocycles. The fraction of sp³-hybridized carbons (Fsp3) is 0.294. The van der Waals surface area contributed by atoms with Crippen molar-refractivity contribution in [3.05, 3.63) is 42.6 Å². The van der Waals surface area contributed by atoms with Gasteiger partial charge in [-0.2, -0.15) is 0 Å². The Morgan fingerprint density at radius 1 is 1.08 bits per heavy atom. The minimum absolute atomic E-state index is 0.00961. The molecule has 0 spiro atoms. The first kappa shape index (κ1) is 17.8. The van der Waals surface area contributed by atoms with Gasteiger partial charge in [0, 0.05) is 6.20 Å². The summed E-state index contributed by atoms with van der Waals surface area (Å²) in [7, 11) is 3.20. The van der Waals surface area contributed by atoms with Crippen LogP contribution in [0.15, 0.2) is 42.6 Å². The van der Waals surface area contributed by atoms with Crippen LogP contribution in [0, 0.1) is 0 Å². The lowest BCUT2D eigenvalue weighted by Crippen LogP contribution is -2.39. The van der Waals surface area contributed by atoms with E-state index in [9.17, 15) is 0 Å². The molecule has 0 fully saturated rings. The molecular weight excluding hydrogens is 326 g/mol. The van der Waals surface area contributed by atoms with E-state index in [1.165, 1.54) is 0 Å². The molecule has 128 valence electrons. The number of nitrogens with one attached hydrogen (secondary N) is 2. The molecule has 1 unspecified atom stereocenters. The maximum Gasteiger partial charge on any atom is 0.174 e. The van der Waals surface area contributed by atoms with Crippen LogP contribution in [-0.4, -0.2) is 37.0 Å². The number of pyridine rings is 1. The van der Waals surface area contributed by atoms with Gasteiger partial charge in [-0.3, -0.25) is 0 Å². The zero-order valence-corrected chi connectivity index (χ0v) is 14.7. The van der Waals surface area contributed by atoms with E-state index in [0.717, 1.165) is 0 Å². The van der Waals surface area contributed by atoms with E-state index in [4.69, 9.17) is 26.4 Å². The van der Waals surface area contributed by atoms with Gasteiger partial charge in [0.15, 0.2) is 28.2 Å². The zero-order chi connectivity index (χ0) is 17.4. The van der Waals surface area contributed by atoms with Crippen LogP contribution in [-0.2, 0) is 0 Å². The lowest BCUT2D eigenvalue weighted by molar-refractivity contribution is 0.270. The number of methoxy groups -OCH3 is 2. The van der Waals surface area contributed by atoms with Crippen molar-refractivity contribution in [1.29, 1.82) is 0 Å². The third kappa shape index (κ3) is 4.99. The molecule has 1 heterocycles. The lowest BCUT2D eigenvalue weighted by atomic mass is 10.3. The Balaban J connectivity index is 1.85. The molecule has 0 aliphatic rings. The molecule has 0 aliphatic heterocycles. The van der Waals surface area contributed by atoms with Gasteiger partial charge in [0.25, 0.3) is 0 Å². The highest BCUT2D eigenvalue weighted by atomic mass is 32.1. The maximum absolute atomic E-state index is 5.77. The molecule has 2 aromatic rings. The monoisotopic (exact) mass is 347 g/mol. The predicted octanol–water partition coefficient (Wildman–Crippen LogP) is 2.85. The summed E-state index contributed by atoms with van der Waals surface area (Å²) >= 11 is 5.30. The predicted molar refractivity (Wildman–Crippen MR) is 98.1 cm³/mol. The number of benzene rings is 1. The van der Waals surface area contributed by atoms with Gasteiger partial charge >= 0.3 is 0 Å². The second kappa shape index (κ2) is 8.93. The first-order valence-electron chi connectivity index (χ1n) is 7.46. The number of para-hydroxylation sites is 2. The summed E-state index contributed by atoms with van der Waals surface area (Å²) in [6.07, 6.45) is 1.67. The Morgan fingerprint density at radius 3 is 2.46 bits per heavy atom. The van der Waals surface area contributed by atoms with Crippen molar-refractivity contribution in [1.82, 2.24) is 10.3 Å². The maximum atomic E-state index is 5.77. The molecule has 7 heteroatoms. The highest BCUT2D eigenvalue weighted by Crippen LogP contribution is 2.25. The summed E-state index contributed by atoms with van der Waals surface area (Å²) in [4.78, 5) is 4.20. The number of aromatic nitrogens is 1. The minimum Gasteiger partial charge on any atom is -0.493 e. The molecule has 1 aromatic heterocycles. The van der Waals surface area contributed by atoms with Crippen LogP contribution in [0.4, 0.5) is 5.82 Å². The van der Waals surface area contributed by atoms with Crippen LogP contribution >= 0.6 is 12.2 Å². The number of nitrogens with zero attached hydrogens (tertiary/aromatic N) is 1. The second-order valence-electron chi connectivity index (χ2n) is 5.02. The number of rotatable bonds is 7. The van der Waals surface area contributed by atoms with Gasteiger partial charge in [0.1, 0.15) is 6.61 Å². The van der Waals surface area contributed by atoms with Crippen molar-refractivity contribution < 1.29 is 14.2 Å². The third-order valence-electron chi connectivity index (χ3n) is 3.16. The topological polar surface area (TPSA) is 64.6 Å². The van der Waals surface area contributed by atoms with E-state index in [1.54, 1.807) is 26.5 Å². The van der Waals surface area contributed by atoms with Crippen molar-refractivity contribution in [2.45, 2.75) is 13.0 Å². The van der Waals surface area contributed by atoms with Crippen LogP contribution < -0.4 is 24.8 Å². The molecule has 2 rings (SSSR count). The van der Waals surface area contributed by atoms with Crippen LogP contribution in [0.1, 0.15) is 6.92 Å². The quantitative estimate of drug-likeness (QED) is 0.747. The third-order valence-corrected chi connectivity index (χ3v) is 3.38. The van der Waals surface area contributed by atoms with Crippen molar-refractivity contribution in [3.8, 4) is 17.2 Å². The van der Waals surface area contributed by atoms with Gasteiger partial charge in [-0.25, -0.2) is 4.98 Å². The Labute approximate surface area is 147 Å². The first-order chi connectivity index (χ1) is 11.6. The molecular formula is C17H21N3O3S. The van der Waals surface area contributed by atoms with E-state index in [1.807, 2.05) is 37.3 Å². The second-order valence-corrected chi connectivity index (χ2v) is 5.42. The number of hydrogen-bond acceptors (Lipinski definition) is 5. The van der Waals surface area contributed by atoms with Gasteiger partial charge in [-0.15, -0.1) is 0 Å². The standard InChI is InChI=1S/C17H21N3O3S/c1-12(11-23-14-8-5-4-7-13(14)21-2)19-17(24)20-16-15(22-3)9-6-10-18-16/h4-10,12H,11H2,1-3H3,(H2,18,19,20,24). The van der Waals surface area contributed by atoms with Crippen LogP contribution in [0.5, 0.6) is 17.2 Å². The van der Waals surface area contributed by atoms with E-state index in [2.05, 4.69) is 15.6 Å². The molecule has 0 aliphatic carbocycles. The zero-order valence-electron chi connectivity index (χ0n) is 13.9. The van der Waals surface area contributed by atoms with Crippen molar-refractivity contribution in [2.75, 3.05) is 26.1 Å². The van der Waals surface area contributed by atoms with Crippen molar-refractivity contribution >= 4 is 23.1 Å². The van der Waals surface area contributed by atoms with Gasteiger partial charge in [0.05, 0.1) is 20.3 Å². The molecule has 24 heavy (non-hydrogen) atoms. The first-order valence-corrected chi connectivity index (χ1v) is 7.87. The van der Waals surface area contributed by atoms with Crippen LogP contribution in [0.25, 0.3) is 0 Å². The molecule has 0 saturated carbocycles. The lowest BCUT2D eigenvalue weighted by Gasteiger charge is -2.18. The molecule has 1 atom stereocenters. The smallest absolute Gasteiger partial charge is 0.174 e. The molecule has 0 bridgehead atoms. The fourth-order valence-electron chi connectivity index (χ4n) is 2.01. The molecule has 6 nitrogen and oxygen atoms in total. The van der Waals surface area contributed by atoms with Gasteiger partial charge in [-0.1, -0.05) is 12.1 Å². The largest absolute Gasteiger partial charge is 0.493 e. The summed E-state index contributed by atoms with van der Waals surface area (Å²) < 4.78 is 16.3. The van der Waals surface area contributed by atoms with Gasteiger partial charge < -0.3 is 24.8 Å². The summed E-state index contributed by atoms with van der Waals surface area (Å²) in [6.45, 7) is 2.40. The Morgan fingerprint density at radius 2 is 1.75 bits per heavy atom. The molecule has 2 N–H and O–H groups in total. The minimum atomic E-state index is -0.00961. The molecule has 0 amide bonds. The van der Waals surface area contributed by atoms with Gasteiger partial charge in [0.2, 0.25) is 0 Å². The van der Waals surface area contributed by atoms with E-state index in [0.29, 0.717) is 34.8 Å².